The summed E-state index contributed by atoms with van der Waals surface area (Å²) < 4.78 is 0. The third kappa shape index (κ3) is 2.08. The van der Waals surface area contributed by atoms with Crippen molar-refractivity contribution in [3.63, 3.8) is 0 Å². The van der Waals surface area contributed by atoms with Gasteiger partial charge in [0.2, 0.25) is 0 Å². The van der Waals surface area contributed by atoms with Crippen molar-refractivity contribution >= 4 is 16.7 Å². The van der Waals surface area contributed by atoms with E-state index in [1.54, 1.807) is 0 Å². The fourth-order valence-electron chi connectivity index (χ4n) is 3.00. The molecule has 19 heavy (non-hydrogen) atoms. The molecule has 0 spiro atoms. The van der Waals surface area contributed by atoms with E-state index in [1.807, 2.05) is 24.3 Å². The number of benzene rings is 1. The molecule has 2 aromatic rings. The summed E-state index contributed by atoms with van der Waals surface area (Å²) >= 11 is 0. The molecule has 1 N–H and O–H groups in total. The topological polar surface area (TPSA) is 36.4 Å². The molecule has 0 radical (unpaired) electrons. The predicted octanol–water partition coefficient (Wildman–Crippen LogP) is 3.11. The normalized spacial score (nSPS) is 18.2. The summed E-state index contributed by atoms with van der Waals surface area (Å²) in [5.41, 5.74) is 2.05. The van der Waals surface area contributed by atoms with Crippen LogP contribution in [0.4, 0.5) is 5.82 Å². The van der Waals surface area contributed by atoms with E-state index in [9.17, 15) is 5.11 Å². The molecule has 100 valence electrons. The Hall–Kier alpha value is -1.61. The molecule has 0 atom stereocenters. The van der Waals surface area contributed by atoms with Gasteiger partial charge < -0.3 is 10.0 Å². The van der Waals surface area contributed by atoms with E-state index in [0.29, 0.717) is 0 Å². The van der Waals surface area contributed by atoms with Crippen LogP contribution in [0.2, 0.25) is 0 Å². The van der Waals surface area contributed by atoms with E-state index in [1.165, 1.54) is 12.8 Å². The van der Waals surface area contributed by atoms with Gasteiger partial charge in [0, 0.05) is 23.0 Å². The van der Waals surface area contributed by atoms with E-state index in [0.717, 1.165) is 28.8 Å². The summed E-state index contributed by atoms with van der Waals surface area (Å²) in [6.45, 7) is 5.56. The van der Waals surface area contributed by atoms with Gasteiger partial charge in [0.15, 0.2) is 0 Å². The quantitative estimate of drug-likeness (QED) is 0.897. The minimum atomic E-state index is 0.0414. The highest BCUT2D eigenvalue weighted by Crippen LogP contribution is 2.35. The largest absolute Gasteiger partial charge is 0.392 e. The highest BCUT2D eigenvalue weighted by Gasteiger charge is 2.34. The molecular weight excluding hydrogens is 236 g/mol. The maximum Gasteiger partial charge on any atom is 0.135 e. The third-order valence-electron chi connectivity index (χ3n) is 4.11. The molecular formula is C16H20N2O. The first-order valence-electron chi connectivity index (χ1n) is 6.89. The minimum absolute atomic E-state index is 0.0414. The van der Waals surface area contributed by atoms with Gasteiger partial charge in [0.25, 0.3) is 0 Å². The number of hydrogen-bond donors (Lipinski definition) is 1. The number of nitrogens with zero attached hydrogens (tertiary/aromatic N) is 2. The van der Waals surface area contributed by atoms with E-state index >= 15 is 0 Å². The lowest BCUT2D eigenvalue weighted by Gasteiger charge is -2.34. The second kappa shape index (κ2) is 4.49. The molecule has 0 unspecified atom stereocenters. The highest BCUT2D eigenvalue weighted by molar-refractivity contribution is 5.82. The van der Waals surface area contributed by atoms with Gasteiger partial charge in [-0.1, -0.05) is 18.2 Å². The number of rotatable bonds is 2. The first-order chi connectivity index (χ1) is 9.12. The highest BCUT2D eigenvalue weighted by atomic mass is 16.3. The van der Waals surface area contributed by atoms with Crippen LogP contribution >= 0.6 is 0 Å². The summed E-state index contributed by atoms with van der Waals surface area (Å²) in [4.78, 5) is 7.13. The summed E-state index contributed by atoms with van der Waals surface area (Å²) in [6, 6.07) is 10.1. The van der Waals surface area contributed by atoms with E-state index in [-0.39, 0.29) is 12.1 Å². The van der Waals surface area contributed by atoms with Crippen LogP contribution in [0.1, 0.15) is 32.3 Å². The van der Waals surface area contributed by atoms with Crippen molar-refractivity contribution in [1.29, 1.82) is 0 Å². The lowest BCUT2D eigenvalue weighted by atomic mass is 10.0. The van der Waals surface area contributed by atoms with E-state index in [4.69, 9.17) is 4.98 Å². The van der Waals surface area contributed by atoms with Crippen LogP contribution in [0, 0.1) is 0 Å². The number of hydrogen-bond acceptors (Lipinski definition) is 3. The Bertz CT molecular complexity index is 607. The SMILES string of the molecule is CC1(C)CCCN1c1nc2ccccc2cc1CO. The molecule has 1 aromatic heterocycles. The Morgan fingerprint density at radius 2 is 2.11 bits per heavy atom. The molecule has 3 heteroatoms. The Morgan fingerprint density at radius 3 is 2.79 bits per heavy atom. The van der Waals surface area contributed by atoms with E-state index < -0.39 is 0 Å². The maximum atomic E-state index is 9.64. The average molecular weight is 256 g/mol. The van der Waals surface area contributed by atoms with E-state index in [2.05, 4.69) is 24.8 Å². The minimum Gasteiger partial charge on any atom is -0.392 e. The number of aliphatic hydroxyl groups is 1. The molecule has 0 saturated carbocycles. The molecule has 0 bridgehead atoms. The standard InChI is InChI=1S/C16H20N2O/c1-16(2)8-5-9-18(16)15-13(11-19)10-12-6-3-4-7-14(12)17-15/h3-4,6-7,10,19H,5,8-9,11H2,1-2H3. The predicted molar refractivity (Wildman–Crippen MR) is 78.3 cm³/mol. The summed E-state index contributed by atoms with van der Waals surface area (Å²) in [5, 5.41) is 10.7. The van der Waals surface area contributed by atoms with Crippen molar-refractivity contribution < 1.29 is 5.11 Å². The molecule has 1 aliphatic rings. The molecule has 1 saturated heterocycles. The van der Waals surface area contributed by atoms with Gasteiger partial charge >= 0.3 is 0 Å². The van der Waals surface area contributed by atoms with Crippen molar-refractivity contribution in [3.05, 3.63) is 35.9 Å². The van der Waals surface area contributed by atoms with Crippen LogP contribution in [0.5, 0.6) is 0 Å². The summed E-state index contributed by atoms with van der Waals surface area (Å²) in [6.07, 6.45) is 2.36. The zero-order valence-electron chi connectivity index (χ0n) is 11.6. The van der Waals surface area contributed by atoms with Gasteiger partial charge in [-0.15, -0.1) is 0 Å². The Balaban J connectivity index is 2.16. The first-order valence-corrected chi connectivity index (χ1v) is 6.89. The molecule has 1 aromatic carbocycles. The Kier molecular flexibility index (Phi) is 2.94. The summed E-state index contributed by atoms with van der Waals surface area (Å²) in [5.74, 6) is 0.948. The van der Waals surface area contributed by atoms with Gasteiger partial charge in [0.05, 0.1) is 12.1 Å². The maximum absolute atomic E-state index is 9.64. The molecule has 3 nitrogen and oxygen atoms in total. The van der Waals surface area contributed by atoms with Crippen LogP contribution in [-0.4, -0.2) is 22.2 Å². The third-order valence-corrected chi connectivity index (χ3v) is 4.11. The van der Waals surface area contributed by atoms with Crippen LogP contribution in [0.3, 0.4) is 0 Å². The second-order valence-electron chi connectivity index (χ2n) is 5.89. The van der Waals surface area contributed by atoms with Gasteiger partial charge in [-0.3, -0.25) is 0 Å². The van der Waals surface area contributed by atoms with Crippen LogP contribution < -0.4 is 4.90 Å². The van der Waals surface area contributed by atoms with Gasteiger partial charge in [-0.05, 0) is 38.8 Å². The molecule has 3 rings (SSSR count). The number of fused-ring (bicyclic) bond motifs is 1. The van der Waals surface area contributed by atoms with Gasteiger partial charge in [-0.25, -0.2) is 4.98 Å². The number of aromatic nitrogens is 1. The number of para-hydroxylation sites is 1. The number of anilines is 1. The Labute approximate surface area is 113 Å². The fraction of sp³-hybridized carbons (Fsp3) is 0.438. The zero-order valence-corrected chi connectivity index (χ0v) is 11.6. The number of aliphatic hydroxyl groups excluding tert-OH is 1. The molecule has 1 fully saturated rings. The van der Waals surface area contributed by atoms with Gasteiger partial charge in [0.1, 0.15) is 5.82 Å². The van der Waals surface area contributed by atoms with Crippen molar-refractivity contribution in [3.8, 4) is 0 Å². The zero-order chi connectivity index (χ0) is 13.5. The van der Waals surface area contributed by atoms with Crippen molar-refractivity contribution in [2.24, 2.45) is 0 Å². The van der Waals surface area contributed by atoms with Crippen LogP contribution in [-0.2, 0) is 6.61 Å². The summed E-state index contributed by atoms with van der Waals surface area (Å²) in [7, 11) is 0. The lowest BCUT2D eigenvalue weighted by molar-refractivity contribution is 0.281. The fourth-order valence-corrected chi connectivity index (χ4v) is 3.00. The first kappa shape index (κ1) is 12.4. The van der Waals surface area contributed by atoms with Crippen LogP contribution in [0.25, 0.3) is 10.9 Å². The lowest BCUT2D eigenvalue weighted by Crippen LogP contribution is -2.39. The molecule has 0 aliphatic carbocycles. The Morgan fingerprint density at radius 1 is 1.32 bits per heavy atom. The van der Waals surface area contributed by atoms with Crippen LogP contribution in [0.15, 0.2) is 30.3 Å². The van der Waals surface area contributed by atoms with Crippen molar-refractivity contribution in [2.45, 2.75) is 38.8 Å². The molecule has 2 heterocycles. The van der Waals surface area contributed by atoms with Gasteiger partial charge in [-0.2, -0.15) is 0 Å². The second-order valence-corrected chi connectivity index (χ2v) is 5.89. The monoisotopic (exact) mass is 256 g/mol. The van der Waals surface area contributed by atoms with Crippen molar-refractivity contribution in [2.75, 3.05) is 11.4 Å². The molecule has 0 amide bonds. The average Bonchev–Trinajstić information content (AvgIpc) is 2.76. The molecule has 1 aliphatic heterocycles. The smallest absolute Gasteiger partial charge is 0.135 e. The number of pyridine rings is 1. The van der Waals surface area contributed by atoms with Crippen molar-refractivity contribution in [1.82, 2.24) is 4.98 Å².